The van der Waals surface area contributed by atoms with Gasteiger partial charge in [-0.25, -0.2) is 4.98 Å². The molecule has 0 radical (unpaired) electrons. The van der Waals surface area contributed by atoms with Gasteiger partial charge in [0.2, 0.25) is 0 Å². The van der Waals surface area contributed by atoms with Crippen molar-refractivity contribution in [3.05, 3.63) is 35.9 Å². The summed E-state index contributed by atoms with van der Waals surface area (Å²) in [5.41, 5.74) is 1.52. The number of para-hydroxylation sites is 1. The highest BCUT2D eigenvalue weighted by Crippen LogP contribution is 2.33. The molecule has 4 nitrogen and oxygen atoms in total. The maximum atomic E-state index is 12.6. The minimum Gasteiger partial charge on any atom is -0.373 e. The maximum Gasteiger partial charge on any atom is 0.252 e. The number of amides is 1. The van der Waals surface area contributed by atoms with E-state index in [0.717, 1.165) is 23.2 Å². The van der Waals surface area contributed by atoms with E-state index in [1.807, 2.05) is 37.4 Å². The normalized spacial score (nSPS) is 15.7. The maximum absolute atomic E-state index is 12.6. The zero-order valence-corrected chi connectivity index (χ0v) is 12.5. The number of pyridine rings is 1. The zero-order chi connectivity index (χ0) is 14.8. The van der Waals surface area contributed by atoms with Crippen molar-refractivity contribution in [1.29, 1.82) is 0 Å². The Hall–Kier alpha value is -2.10. The van der Waals surface area contributed by atoms with Crippen molar-refractivity contribution in [2.24, 2.45) is 5.92 Å². The third-order valence-corrected chi connectivity index (χ3v) is 3.98. The molecule has 0 bridgehead atoms. The summed E-state index contributed by atoms with van der Waals surface area (Å²) in [5.74, 6) is 1.51. The van der Waals surface area contributed by atoms with E-state index in [1.165, 1.54) is 12.8 Å². The number of carbonyl (C=O) groups is 1. The fourth-order valence-electron chi connectivity index (χ4n) is 2.71. The van der Waals surface area contributed by atoms with Crippen molar-refractivity contribution in [1.82, 2.24) is 10.3 Å². The van der Waals surface area contributed by atoms with Gasteiger partial charge in [0.15, 0.2) is 0 Å². The third kappa shape index (κ3) is 3.15. The highest BCUT2D eigenvalue weighted by molar-refractivity contribution is 6.07. The van der Waals surface area contributed by atoms with E-state index in [9.17, 15) is 4.79 Å². The Morgan fingerprint density at radius 3 is 2.86 bits per heavy atom. The molecule has 1 heterocycles. The monoisotopic (exact) mass is 283 g/mol. The van der Waals surface area contributed by atoms with Crippen LogP contribution in [0.3, 0.4) is 0 Å². The molecule has 110 valence electrons. The van der Waals surface area contributed by atoms with Crippen molar-refractivity contribution in [3.8, 4) is 0 Å². The van der Waals surface area contributed by atoms with E-state index in [2.05, 4.69) is 22.5 Å². The molecule has 1 aromatic heterocycles. The van der Waals surface area contributed by atoms with Gasteiger partial charge in [-0.2, -0.15) is 0 Å². The molecule has 1 unspecified atom stereocenters. The standard InChI is InChI=1S/C17H21N3O/c1-11(9-12-7-8-12)19-17(21)14-10-16(18-2)20-15-6-4-3-5-13(14)15/h3-6,10-12H,7-9H2,1-2H3,(H,18,20)(H,19,21). The fourth-order valence-corrected chi connectivity index (χ4v) is 2.71. The van der Waals surface area contributed by atoms with Crippen LogP contribution in [0.1, 0.15) is 36.5 Å². The second-order valence-corrected chi connectivity index (χ2v) is 5.88. The Labute approximate surface area is 125 Å². The topological polar surface area (TPSA) is 54.0 Å². The van der Waals surface area contributed by atoms with Gasteiger partial charge in [0, 0.05) is 18.5 Å². The molecule has 1 aromatic carbocycles. The number of anilines is 1. The van der Waals surface area contributed by atoms with Gasteiger partial charge in [-0.1, -0.05) is 31.0 Å². The molecule has 4 heteroatoms. The summed E-state index contributed by atoms with van der Waals surface area (Å²) in [4.78, 5) is 17.1. The first-order valence-corrected chi connectivity index (χ1v) is 7.56. The minimum absolute atomic E-state index is 0.0155. The quantitative estimate of drug-likeness (QED) is 0.886. The molecule has 0 saturated heterocycles. The molecule has 0 spiro atoms. The van der Waals surface area contributed by atoms with E-state index in [1.54, 1.807) is 0 Å². The number of carbonyl (C=O) groups excluding carboxylic acids is 1. The van der Waals surface area contributed by atoms with Gasteiger partial charge in [-0.15, -0.1) is 0 Å². The Balaban J connectivity index is 1.88. The number of aromatic nitrogens is 1. The molecule has 1 aliphatic rings. The molecule has 1 aliphatic carbocycles. The van der Waals surface area contributed by atoms with Gasteiger partial charge in [0.05, 0.1) is 11.1 Å². The molecule has 2 N–H and O–H groups in total. The molecule has 1 fully saturated rings. The lowest BCUT2D eigenvalue weighted by molar-refractivity contribution is 0.0939. The van der Waals surface area contributed by atoms with E-state index >= 15 is 0 Å². The van der Waals surface area contributed by atoms with Gasteiger partial charge >= 0.3 is 0 Å². The largest absolute Gasteiger partial charge is 0.373 e. The Morgan fingerprint density at radius 2 is 2.14 bits per heavy atom. The zero-order valence-electron chi connectivity index (χ0n) is 12.5. The summed E-state index contributed by atoms with van der Waals surface area (Å²) in [5, 5.41) is 7.03. The van der Waals surface area contributed by atoms with Gasteiger partial charge in [-0.3, -0.25) is 4.79 Å². The summed E-state index contributed by atoms with van der Waals surface area (Å²) in [7, 11) is 1.81. The van der Waals surface area contributed by atoms with Crippen LogP contribution in [-0.2, 0) is 0 Å². The van der Waals surface area contributed by atoms with E-state index < -0.39 is 0 Å². The number of nitrogens with one attached hydrogen (secondary N) is 2. The average molecular weight is 283 g/mol. The number of fused-ring (bicyclic) bond motifs is 1. The molecule has 1 amide bonds. The van der Waals surface area contributed by atoms with Crippen molar-refractivity contribution in [3.63, 3.8) is 0 Å². The van der Waals surface area contributed by atoms with Crippen LogP contribution in [0.4, 0.5) is 5.82 Å². The summed E-state index contributed by atoms with van der Waals surface area (Å²) in [6.07, 6.45) is 3.69. The molecule has 1 atom stereocenters. The molecular formula is C17H21N3O. The van der Waals surface area contributed by atoms with E-state index in [4.69, 9.17) is 0 Å². The first-order chi connectivity index (χ1) is 10.2. The van der Waals surface area contributed by atoms with Crippen LogP contribution in [-0.4, -0.2) is 24.0 Å². The average Bonchev–Trinajstić information content (AvgIpc) is 3.29. The highest BCUT2D eigenvalue weighted by Gasteiger charge is 2.24. The van der Waals surface area contributed by atoms with Crippen LogP contribution in [0.15, 0.2) is 30.3 Å². The summed E-state index contributed by atoms with van der Waals surface area (Å²) >= 11 is 0. The Morgan fingerprint density at radius 1 is 1.38 bits per heavy atom. The number of rotatable bonds is 5. The van der Waals surface area contributed by atoms with Crippen LogP contribution in [0.25, 0.3) is 10.9 Å². The predicted octanol–water partition coefficient (Wildman–Crippen LogP) is 3.19. The lowest BCUT2D eigenvalue weighted by Crippen LogP contribution is -2.33. The lowest BCUT2D eigenvalue weighted by Gasteiger charge is -2.15. The predicted molar refractivity (Wildman–Crippen MR) is 85.6 cm³/mol. The Kier molecular flexibility index (Phi) is 3.78. The van der Waals surface area contributed by atoms with Gasteiger partial charge in [0.25, 0.3) is 5.91 Å². The van der Waals surface area contributed by atoms with Crippen molar-refractivity contribution >= 4 is 22.6 Å². The first-order valence-electron chi connectivity index (χ1n) is 7.56. The van der Waals surface area contributed by atoms with E-state index in [0.29, 0.717) is 11.4 Å². The van der Waals surface area contributed by atoms with Crippen LogP contribution in [0, 0.1) is 5.92 Å². The molecule has 1 saturated carbocycles. The molecular weight excluding hydrogens is 262 g/mol. The third-order valence-electron chi connectivity index (χ3n) is 3.98. The van der Waals surface area contributed by atoms with Crippen LogP contribution >= 0.6 is 0 Å². The second-order valence-electron chi connectivity index (χ2n) is 5.88. The van der Waals surface area contributed by atoms with Crippen molar-refractivity contribution in [2.45, 2.75) is 32.2 Å². The smallest absolute Gasteiger partial charge is 0.252 e. The van der Waals surface area contributed by atoms with Crippen LogP contribution in [0.5, 0.6) is 0 Å². The summed E-state index contributed by atoms with van der Waals surface area (Å²) in [6.45, 7) is 2.08. The Bertz CT molecular complexity index is 664. The fraction of sp³-hybridized carbons (Fsp3) is 0.412. The second kappa shape index (κ2) is 5.72. The number of hydrogen-bond acceptors (Lipinski definition) is 3. The van der Waals surface area contributed by atoms with E-state index in [-0.39, 0.29) is 11.9 Å². The highest BCUT2D eigenvalue weighted by atomic mass is 16.1. The molecule has 3 rings (SSSR count). The first kappa shape index (κ1) is 13.9. The molecule has 0 aliphatic heterocycles. The van der Waals surface area contributed by atoms with Crippen molar-refractivity contribution in [2.75, 3.05) is 12.4 Å². The van der Waals surface area contributed by atoms with Gasteiger partial charge < -0.3 is 10.6 Å². The van der Waals surface area contributed by atoms with Gasteiger partial charge in [-0.05, 0) is 31.4 Å². The van der Waals surface area contributed by atoms with Crippen LogP contribution < -0.4 is 10.6 Å². The molecule has 21 heavy (non-hydrogen) atoms. The van der Waals surface area contributed by atoms with Gasteiger partial charge in [0.1, 0.15) is 5.82 Å². The minimum atomic E-state index is -0.0155. The number of nitrogens with zero attached hydrogens (tertiary/aromatic N) is 1. The SMILES string of the molecule is CNc1cc(C(=O)NC(C)CC2CC2)c2ccccc2n1. The summed E-state index contributed by atoms with van der Waals surface area (Å²) in [6, 6.07) is 9.79. The summed E-state index contributed by atoms with van der Waals surface area (Å²) < 4.78 is 0. The number of benzene rings is 1. The number of hydrogen-bond donors (Lipinski definition) is 2. The van der Waals surface area contributed by atoms with Crippen molar-refractivity contribution < 1.29 is 4.79 Å². The molecule has 2 aromatic rings. The van der Waals surface area contributed by atoms with Crippen LogP contribution in [0.2, 0.25) is 0 Å². The lowest BCUT2D eigenvalue weighted by atomic mass is 10.1.